The largest absolute Gasteiger partial charge is 0.314 e. The van der Waals surface area contributed by atoms with Crippen molar-refractivity contribution >= 4 is 0 Å². The molecule has 1 unspecified atom stereocenters. The van der Waals surface area contributed by atoms with Crippen molar-refractivity contribution in [2.75, 3.05) is 32.7 Å². The van der Waals surface area contributed by atoms with E-state index in [9.17, 15) is 0 Å². The Bertz CT molecular complexity index is 260. The number of nitrogens with one attached hydrogen (secondary N) is 1. The summed E-state index contributed by atoms with van der Waals surface area (Å²) < 4.78 is 0. The van der Waals surface area contributed by atoms with Gasteiger partial charge in [0.25, 0.3) is 0 Å². The predicted octanol–water partition coefficient (Wildman–Crippen LogP) is 0.907. The van der Waals surface area contributed by atoms with E-state index in [4.69, 9.17) is 0 Å². The Labute approximate surface area is 99.2 Å². The number of likely N-dealkylation sites (tertiary alicyclic amines) is 1. The van der Waals surface area contributed by atoms with Gasteiger partial charge in [0, 0.05) is 50.3 Å². The SMILES string of the molecule is CC1(C)CNCCN1C1CCN(C2CC2)C1. The van der Waals surface area contributed by atoms with Crippen LogP contribution in [0.3, 0.4) is 0 Å². The first-order valence-electron chi connectivity index (χ1n) is 6.88. The monoisotopic (exact) mass is 223 g/mol. The zero-order valence-corrected chi connectivity index (χ0v) is 10.7. The Morgan fingerprint density at radius 3 is 2.56 bits per heavy atom. The van der Waals surface area contributed by atoms with Gasteiger partial charge in [0.05, 0.1) is 0 Å². The molecule has 3 nitrogen and oxygen atoms in total. The van der Waals surface area contributed by atoms with Crippen LogP contribution in [0.2, 0.25) is 0 Å². The molecule has 3 aliphatic rings. The van der Waals surface area contributed by atoms with Gasteiger partial charge >= 0.3 is 0 Å². The predicted molar refractivity (Wildman–Crippen MR) is 66.7 cm³/mol. The maximum atomic E-state index is 3.52. The molecule has 3 heteroatoms. The average molecular weight is 223 g/mol. The molecule has 0 radical (unpaired) electrons. The van der Waals surface area contributed by atoms with Crippen LogP contribution in [-0.4, -0.2) is 60.1 Å². The molecule has 2 heterocycles. The Kier molecular flexibility index (Phi) is 2.73. The lowest BCUT2D eigenvalue weighted by atomic mass is 9.97. The van der Waals surface area contributed by atoms with E-state index in [1.165, 1.54) is 45.4 Å². The summed E-state index contributed by atoms with van der Waals surface area (Å²) in [5.74, 6) is 0. The maximum Gasteiger partial charge on any atom is 0.0281 e. The van der Waals surface area contributed by atoms with Gasteiger partial charge in [-0.1, -0.05) is 0 Å². The molecular weight excluding hydrogens is 198 g/mol. The number of nitrogens with zero attached hydrogens (tertiary/aromatic N) is 2. The number of rotatable bonds is 2. The summed E-state index contributed by atoms with van der Waals surface area (Å²) in [6, 6.07) is 1.77. The molecule has 0 aromatic rings. The lowest BCUT2D eigenvalue weighted by Crippen LogP contribution is -2.61. The minimum absolute atomic E-state index is 0.350. The van der Waals surface area contributed by atoms with Gasteiger partial charge < -0.3 is 5.32 Å². The number of hydrogen-bond acceptors (Lipinski definition) is 3. The lowest BCUT2D eigenvalue weighted by molar-refractivity contribution is 0.0477. The van der Waals surface area contributed by atoms with E-state index < -0.39 is 0 Å². The molecule has 16 heavy (non-hydrogen) atoms. The Morgan fingerprint density at radius 1 is 1.06 bits per heavy atom. The molecule has 3 fully saturated rings. The van der Waals surface area contributed by atoms with Gasteiger partial charge in [-0.3, -0.25) is 9.80 Å². The molecule has 0 aromatic carbocycles. The minimum Gasteiger partial charge on any atom is -0.314 e. The summed E-state index contributed by atoms with van der Waals surface area (Å²) in [4.78, 5) is 5.48. The third-order valence-corrected chi connectivity index (χ3v) is 4.56. The highest BCUT2D eigenvalue weighted by atomic mass is 15.3. The van der Waals surface area contributed by atoms with Crippen LogP contribution in [0, 0.1) is 0 Å². The van der Waals surface area contributed by atoms with Crippen molar-refractivity contribution in [3.8, 4) is 0 Å². The average Bonchev–Trinajstić information content (AvgIpc) is 2.98. The van der Waals surface area contributed by atoms with Crippen LogP contribution in [0.5, 0.6) is 0 Å². The van der Waals surface area contributed by atoms with E-state index in [-0.39, 0.29) is 0 Å². The highest BCUT2D eigenvalue weighted by Gasteiger charge is 2.41. The fourth-order valence-corrected chi connectivity index (χ4v) is 3.47. The van der Waals surface area contributed by atoms with Crippen LogP contribution in [0.1, 0.15) is 33.1 Å². The van der Waals surface area contributed by atoms with E-state index in [0.29, 0.717) is 5.54 Å². The summed E-state index contributed by atoms with van der Waals surface area (Å²) in [5.41, 5.74) is 0.350. The van der Waals surface area contributed by atoms with Crippen LogP contribution in [0.25, 0.3) is 0 Å². The van der Waals surface area contributed by atoms with Crippen molar-refractivity contribution < 1.29 is 0 Å². The van der Waals surface area contributed by atoms with Gasteiger partial charge in [0.15, 0.2) is 0 Å². The molecule has 3 rings (SSSR count). The van der Waals surface area contributed by atoms with Crippen molar-refractivity contribution in [3.63, 3.8) is 0 Å². The Hall–Kier alpha value is -0.120. The highest BCUT2D eigenvalue weighted by Crippen LogP contribution is 2.33. The van der Waals surface area contributed by atoms with Gasteiger partial charge in [-0.25, -0.2) is 0 Å². The third-order valence-electron chi connectivity index (χ3n) is 4.56. The van der Waals surface area contributed by atoms with Crippen LogP contribution in [0.4, 0.5) is 0 Å². The maximum absolute atomic E-state index is 3.52. The molecule has 1 N–H and O–H groups in total. The van der Waals surface area contributed by atoms with Crippen LogP contribution < -0.4 is 5.32 Å². The highest BCUT2D eigenvalue weighted by molar-refractivity contribution is 4.98. The zero-order chi connectivity index (χ0) is 11.2. The van der Waals surface area contributed by atoms with Crippen molar-refractivity contribution in [2.24, 2.45) is 0 Å². The standard InChI is InChI=1S/C13H25N3/c1-13(2)10-14-6-8-16(13)12-5-7-15(9-12)11-3-4-11/h11-12,14H,3-10H2,1-2H3. The summed E-state index contributed by atoms with van der Waals surface area (Å²) in [6.07, 6.45) is 4.30. The molecule has 0 aromatic heterocycles. The zero-order valence-electron chi connectivity index (χ0n) is 10.7. The van der Waals surface area contributed by atoms with Crippen molar-refractivity contribution in [1.29, 1.82) is 0 Å². The van der Waals surface area contributed by atoms with Gasteiger partial charge in [-0.2, -0.15) is 0 Å². The van der Waals surface area contributed by atoms with E-state index >= 15 is 0 Å². The molecule has 1 aliphatic carbocycles. The molecule has 92 valence electrons. The summed E-state index contributed by atoms with van der Waals surface area (Å²) in [6.45, 7) is 11.0. The van der Waals surface area contributed by atoms with Crippen LogP contribution >= 0.6 is 0 Å². The molecular formula is C13H25N3. The van der Waals surface area contributed by atoms with E-state index in [2.05, 4.69) is 29.0 Å². The Morgan fingerprint density at radius 2 is 1.88 bits per heavy atom. The topological polar surface area (TPSA) is 18.5 Å². The molecule has 0 amide bonds. The second-order valence-corrected chi connectivity index (χ2v) is 6.35. The molecule has 1 saturated carbocycles. The van der Waals surface area contributed by atoms with Gasteiger partial charge in [-0.15, -0.1) is 0 Å². The van der Waals surface area contributed by atoms with Gasteiger partial charge in [-0.05, 0) is 33.1 Å². The first-order chi connectivity index (χ1) is 7.67. The molecule has 1 atom stereocenters. The van der Waals surface area contributed by atoms with Gasteiger partial charge in [0.1, 0.15) is 0 Å². The normalized spacial score (nSPS) is 36.8. The molecule has 0 spiro atoms. The molecule has 0 bridgehead atoms. The number of hydrogen-bond donors (Lipinski definition) is 1. The number of piperazine rings is 1. The van der Waals surface area contributed by atoms with Crippen LogP contribution in [-0.2, 0) is 0 Å². The smallest absolute Gasteiger partial charge is 0.0281 e. The lowest BCUT2D eigenvalue weighted by Gasteiger charge is -2.46. The quantitative estimate of drug-likeness (QED) is 0.750. The Balaban J connectivity index is 1.63. The van der Waals surface area contributed by atoms with Crippen molar-refractivity contribution in [3.05, 3.63) is 0 Å². The first kappa shape index (κ1) is 11.0. The fourth-order valence-electron chi connectivity index (χ4n) is 3.47. The first-order valence-corrected chi connectivity index (χ1v) is 6.88. The van der Waals surface area contributed by atoms with E-state index in [0.717, 1.165) is 18.6 Å². The van der Waals surface area contributed by atoms with Gasteiger partial charge in [0.2, 0.25) is 0 Å². The third kappa shape index (κ3) is 2.01. The molecule has 2 aliphatic heterocycles. The summed E-state index contributed by atoms with van der Waals surface area (Å²) >= 11 is 0. The minimum atomic E-state index is 0.350. The van der Waals surface area contributed by atoms with Crippen molar-refractivity contribution in [2.45, 2.75) is 50.7 Å². The summed E-state index contributed by atoms with van der Waals surface area (Å²) in [7, 11) is 0. The second kappa shape index (κ2) is 3.97. The van der Waals surface area contributed by atoms with E-state index in [1.807, 2.05) is 0 Å². The van der Waals surface area contributed by atoms with E-state index in [1.54, 1.807) is 0 Å². The van der Waals surface area contributed by atoms with Crippen LogP contribution in [0.15, 0.2) is 0 Å². The van der Waals surface area contributed by atoms with Crippen molar-refractivity contribution in [1.82, 2.24) is 15.1 Å². The second-order valence-electron chi connectivity index (χ2n) is 6.35. The molecule has 2 saturated heterocycles. The fraction of sp³-hybridized carbons (Fsp3) is 1.00. The summed E-state index contributed by atoms with van der Waals surface area (Å²) in [5, 5.41) is 3.52.